The molecule has 0 spiro atoms. The Morgan fingerprint density at radius 2 is 2.29 bits per heavy atom. The lowest BCUT2D eigenvalue weighted by Gasteiger charge is -2.40. The first-order valence-corrected chi connectivity index (χ1v) is 6.16. The summed E-state index contributed by atoms with van der Waals surface area (Å²) in [6.45, 7) is 1.92. The van der Waals surface area contributed by atoms with Gasteiger partial charge in [0.2, 0.25) is 0 Å². The minimum atomic E-state index is -0.180. The van der Waals surface area contributed by atoms with Crippen molar-refractivity contribution in [3.05, 3.63) is 30.1 Å². The molecule has 92 valence electrons. The lowest BCUT2D eigenvalue weighted by Crippen LogP contribution is -2.41. The van der Waals surface area contributed by atoms with Gasteiger partial charge in [0.05, 0.1) is 17.2 Å². The van der Waals surface area contributed by atoms with Crippen LogP contribution in [0.25, 0.3) is 0 Å². The standard InChI is InChI=1S/C14H19NO2/c1-11(12-6-3-4-9-15-12)13(16)10-14(17-2)7-5-8-14/h3-4,6,9,11H,5,7-8,10H2,1-2H3. The molecule has 3 nitrogen and oxygen atoms in total. The zero-order chi connectivity index (χ0) is 12.3. The monoisotopic (exact) mass is 233 g/mol. The second-order valence-electron chi connectivity index (χ2n) is 4.86. The van der Waals surface area contributed by atoms with Gasteiger partial charge in [-0.3, -0.25) is 9.78 Å². The van der Waals surface area contributed by atoms with Gasteiger partial charge in [0, 0.05) is 19.7 Å². The van der Waals surface area contributed by atoms with Crippen molar-refractivity contribution in [1.82, 2.24) is 4.98 Å². The third-order valence-corrected chi connectivity index (χ3v) is 3.81. The van der Waals surface area contributed by atoms with Crippen LogP contribution in [0.5, 0.6) is 0 Å². The highest BCUT2D eigenvalue weighted by molar-refractivity contribution is 5.85. The Labute approximate surface area is 102 Å². The van der Waals surface area contributed by atoms with E-state index in [2.05, 4.69) is 4.98 Å². The lowest BCUT2D eigenvalue weighted by molar-refractivity contribution is -0.133. The predicted octanol–water partition coefficient (Wildman–Crippen LogP) is 2.71. The number of carbonyl (C=O) groups excluding carboxylic acids is 1. The van der Waals surface area contributed by atoms with Gasteiger partial charge >= 0.3 is 0 Å². The molecule has 0 aliphatic heterocycles. The number of Topliss-reactive ketones (excluding diaryl/α,β-unsaturated/α-hetero) is 1. The van der Waals surface area contributed by atoms with Crippen molar-refractivity contribution in [2.75, 3.05) is 7.11 Å². The number of rotatable bonds is 5. The van der Waals surface area contributed by atoms with Gasteiger partial charge in [0.25, 0.3) is 0 Å². The Morgan fingerprint density at radius 1 is 1.53 bits per heavy atom. The SMILES string of the molecule is COC1(CC(=O)C(C)c2ccccn2)CCC1. The molecule has 0 amide bonds. The van der Waals surface area contributed by atoms with Crippen molar-refractivity contribution in [2.24, 2.45) is 0 Å². The number of ketones is 1. The number of ether oxygens (including phenoxy) is 1. The van der Waals surface area contributed by atoms with Crippen LogP contribution in [-0.4, -0.2) is 23.5 Å². The quantitative estimate of drug-likeness (QED) is 0.785. The van der Waals surface area contributed by atoms with E-state index in [-0.39, 0.29) is 17.3 Å². The zero-order valence-corrected chi connectivity index (χ0v) is 10.5. The fourth-order valence-corrected chi connectivity index (χ4v) is 2.29. The first-order chi connectivity index (χ1) is 8.17. The van der Waals surface area contributed by atoms with E-state index in [0.717, 1.165) is 18.5 Å². The lowest BCUT2D eigenvalue weighted by atomic mass is 9.75. The second kappa shape index (κ2) is 4.96. The highest BCUT2D eigenvalue weighted by Crippen LogP contribution is 2.39. The van der Waals surface area contributed by atoms with E-state index in [1.54, 1.807) is 13.3 Å². The van der Waals surface area contributed by atoms with Crippen LogP contribution in [0, 0.1) is 0 Å². The van der Waals surface area contributed by atoms with Crippen molar-refractivity contribution in [3.63, 3.8) is 0 Å². The number of carbonyl (C=O) groups is 1. The molecule has 1 fully saturated rings. The molecule has 0 saturated heterocycles. The molecule has 2 rings (SSSR count). The van der Waals surface area contributed by atoms with Crippen LogP contribution in [0.15, 0.2) is 24.4 Å². The Bertz CT molecular complexity index is 379. The van der Waals surface area contributed by atoms with E-state index in [4.69, 9.17) is 4.74 Å². The molecule has 17 heavy (non-hydrogen) atoms. The van der Waals surface area contributed by atoms with Crippen LogP contribution < -0.4 is 0 Å². The minimum Gasteiger partial charge on any atom is -0.378 e. The van der Waals surface area contributed by atoms with E-state index in [1.807, 2.05) is 25.1 Å². The molecule has 1 aliphatic carbocycles. The molecule has 0 aromatic carbocycles. The maximum atomic E-state index is 12.2. The van der Waals surface area contributed by atoms with Crippen LogP contribution in [0.2, 0.25) is 0 Å². The number of nitrogens with zero attached hydrogens (tertiary/aromatic N) is 1. The third-order valence-electron chi connectivity index (χ3n) is 3.81. The second-order valence-corrected chi connectivity index (χ2v) is 4.86. The fraction of sp³-hybridized carbons (Fsp3) is 0.571. The summed E-state index contributed by atoms with van der Waals surface area (Å²) in [6.07, 6.45) is 5.42. The van der Waals surface area contributed by atoms with Gasteiger partial charge in [-0.2, -0.15) is 0 Å². The summed E-state index contributed by atoms with van der Waals surface area (Å²) in [4.78, 5) is 16.4. The van der Waals surface area contributed by atoms with Gasteiger partial charge in [-0.1, -0.05) is 6.07 Å². The summed E-state index contributed by atoms with van der Waals surface area (Å²) in [5, 5.41) is 0. The third kappa shape index (κ3) is 2.55. The summed E-state index contributed by atoms with van der Waals surface area (Å²) in [7, 11) is 1.71. The molecule has 1 heterocycles. The Kier molecular flexibility index (Phi) is 3.57. The predicted molar refractivity (Wildman–Crippen MR) is 65.9 cm³/mol. The number of pyridine rings is 1. The van der Waals surface area contributed by atoms with Gasteiger partial charge in [0.15, 0.2) is 0 Å². The smallest absolute Gasteiger partial charge is 0.144 e. The molecule has 1 aromatic rings. The summed E-state index contributed by atoms with van der Waals surface area (Å²) in [6, 6.07) is 5.69. The molecule has 1 atom stereocenters. The molecular formula is C14H19NO2. The average Bonchev–Trinajstić information content (AvgIpc) is 2.33. The van der Waals surface area contributed by atoms with Crippen molar-refractivity contribution >= 4 is 5.78 Å². The van der Waals surface area contributed by atoms with Gasteiger partial charge in [-0.25, -0.2) is 0 Å². The van der Waals surface area contributed by atoms with E-state index in [0.29, 0.717) is 6.42 Å². The number of methoxy groups -OCH3 is 1. The van der Waals surface area contributed by atoms with Crippen molar-refractivity contribution < 1.29 is 9.53 Å². The van der Waals surface area contributed by atoms with Gasteiger partial charge in [0.1, 0.15) is 5.78 Å². The normalized spacial score (nSPS) is 19.4. The van der Waals surface area contributed by atoms with E-state index >= 15 is 0 Å². The van der Waals surface area contributed by atoms with Crippen LogP contribution in [-0.2, 0) is 9.53 Å². The number of hydrogen-bond acceptors (Lipinski definition) is 3. The van der Waals surface area contributed by atoms with E-state index < -0.39 is 0 Å². The number of hydrogen-bond donors (Lipinski definition) is 0. The van der Waals surface area contributed by atoms with Crippen LogP contribution in [0.3, 0.4) is 0 Å². The first-order valence-electron chi connectivity index (χ1n) is 6.16. The van der Waals surface area contributed by atoms with Gasteiger partial charge in [-0.05, 0) is 38.3 Å². The summed E-state index contributed by atoms with van der Waals surface area (Å²) >= 11 is 0. The highest BCUT2D eigenvalue weighted by Gasteiger charge is 2.39. The molecule has 0 bridgehead atoms. The molecular weight excluding hydrogens is 214 g/mol. The van der Waals surface area contributed by atoms with Crippen LogP contribution in [0.4, 0.5) is 0 Å². The maximum absolute atomic E-state index is 12.2. The van der Waals surface area contributed by atoms with E-state index in [1.165, 1.54) is 6.42 Å². The Hall–Kier alpha value is -1.22. The highest BCUT2D eigenvalue weighted by atomic mass is 16.5. The Balaban J connectivity index is 2.01. The minimum absolute atomic E-state index is 0.135. The summed E-state index contributed by atoms with van der Waals surface area (Å²) < 4.78 is 5.49. The molecule has 1 unspecified atom stereocenters. The van der Waals surface area contributed by atoms with E-state index in [9.17, 15) is 4.79 Å². The molecule has 1 saturated carbocycles. The van der Waals surface area contributed by atoms with Crippen molar-refractivity contribution in [3.8, 4) is 0 Å². The molecule has 1 aromatic heterocycles. The number of aromatic nitrogens is 1. The summed E-state index contributed by atoms with van der Waals surface area (Å²) in [5.74, 6) is 0.0917. The molecule has 0 radical (unpaired) electrons. The van der Waals surface area contributed by atoms with Crippen LogP contribution >= 0.6 is 0 Å². The largest absolute Gasteiger partial charge is 0.378 e. The van der Waals surface area contributed by atoms with Crippen molar-refractivity contribution in [1.29, 1.82) is 0 Å². The van der Waals surface area contributed by atoms with Gasteiger partial charge < -0.3 is 4.74 Å². The van der Waals surface area contributed by atoms with Crippen molar-refractivity contribution in [2.45, 2.75) is 44.1 Å². The molecule has 1 aliphatic rings. The summed E-state index contributed by atoms with van der Waals surface area (Å²) in [5.41, 5.74) is 0.670. The maximum Gasteiger partial charge on any atom is 0.144 e. The topological polar surface area (TPSA) is 39.2 Å². The fourth-order valence-electron chi connectivity index (χ4n) is 2.29. The zero-order valence-electron chi connectivity index (χ0n) is 10.5. The Morgan fingerprint density at radius 3 is 2.76 bits per heavy atom. The average molecular weight is 233 g/mol. The molecule has 0 N–H and O–H groups in total. The molecule has 3 heteroatoms. The van der Waals surface area contributed by atoms with Crippen LogP contribution in [0.1, 0.15) is 44.2 Å². The first kappa shape index (κ1) is 12.2. The van der Waals surface area contributed by atoms with Gasteiger partial charge in [-0.15, -0.1) is 0 Å².